The molecule has 0 radical (unpaired) electrons. The van der Waals surface area contributed by atoms with Gasteiger partial charge in [0, 0.05) is 19.3 Å². The molecule has 0 aromatic carbocycles. The lowest BCUT2D eigenvalue weighted by Crippen LogP contribution is -2.24. The van der Waals surface area contributed by atoms with Crippen molar-refractivity contribution in [1.82, 2.24) is 5.32 Å². The SMILES string of the molecule is CC(C)NCCCC1CCOCC1. The van der Waals surface area contributed by atoms with E-state index in [2.05, 4.69) is 19.2 Å². The standard InChI is InChI=1S/C11H23NO/c1-10(2)12-7-3-4-11-5-8-13-9-6-11/h10-12H,3-9H2,1-2H3. The van der Waals surface area contributed by atoms with Gasteiger partial charge in [-0.15, -0.1) is 0 Å². The monoisotopic (exact) mass is 185 g/mol. The van der Waals surface area contributed by atoms with E-state index in [1.807, 2.05) is 0 Å². The second-order valence-electron chi connectivity index (χ2n) is 4.31. The Morgan fingerprint density at radius 3 is 2.62 bits per heavy atom. The van der Waals surface area contributed by atoms with Gasteiger partial charge in [0.1, 0.15) is 0 Å². The van der Waals surface area contributed by atoms with Gasteiger partial charge >= 0.3 is 0 Å². The molecule has 0 unspecified atom stereocenters. The molecule has 0 aromatic rings. The first-order chi connectivity index (χ1) is 6.29. The Morgan fingerprint density at radius 2 is 2.00 bits per heavy atom. The molecule has 13 heavy (non-hydrogen) atoms. The molecule has 1 heterocycles. The molecular formula is C11H23NO. The maximum Gasteiger partial charge on any atom is 0.0468 e. The highest BCUT2D eigenvalue weighted by atomic mass is 16.5. The van der Waals surface area contributed by atoms with Crippen LogP contribution in [0.15, 0.2) is 0 Å². The summed E-state index contributed by atoms with van der Waals surface area (Å²) >= 11 is 0. The summed E-state index contributed by atoms with van der Waals surface area (Å²) in [6.45, 7) is 7.56. The van der Waals surface area contributed by atoms with Crippen molar-refractivity contribution in [3.05, 3.63) is 0 Å². The van der Waals surface area contributed by atoms with E-state index < -0.39 is 0 Å². The van der Waals surface area contributed by atoms with E-state index in [1.165, 1.54) is 32.2 Å². The molecule has 0 amide bonds. The van der Waals surface area contributed by atoms with Crippen molar-refractivity contribution in [2.45, 2.75) is 45.6 Å². The minimum Gasteiger partial charge on any atom is -0.381 e. The Balaban J connectivity index is 1.92. The molecule has 2 nitrogen and oxygen atoms in total. The summed E-state index contributed by atoms with van der Waals surface area (Å²) in [5, 5.41) is 3.45. The first kappa shape index (κ1) is 11.0. The Hall–Kier alpha value is -0.0800. The topological polar surface area (TPSA) is 21.3 Å². The fraction of sp³-hybridized carbons (Fsp3) is 1.00. The van der Waals surface area contributed by atoms with Gasteiger partial charge in [0.2, 0.25) is 0 Å². The summed E-state index contributed by atoms with van der Waals surface area (Å²) in [5.74, 6) is 0.933. The molecular weight excluding hydrogens is 162 g/mol. The summed E-state index contributed by atoms with van der Waals surface area (Å²) < 4.78 is 5.33. The maximum absolute atomic E-state index is 5.33. The van der Waals surface area contributed by atoms with E-state index >= 15 is 0 Å². The van der Waals surface area contributed by atoms with E-state index in [9.17, 15) is 0 Å². The van der Waals surface area contributed by atoms with Gasteiger partial charge in [-0.05, 0) is 38.1 Å². The van der Waals surface area contributed by atoms with Gasteiger partial charge in [0.25, 0.3) is 0 Å². The van der Waals surface area contributed by atoms with Gasteiger partial charge in [-0.3, -0.25) is 0 Å². The van der Waals surface area contributed by atoms with Gasteiger partial charge < -0.3 is 10.1 Å². The van der Waals surface area contributed by atoms with Crippen molar-refractivity contribution in [2.75, 3.05) is 19.8 Å². The Labute approximate surface area is 82.0 Å². The van der Waals surface area contributed by atoms with Crippen LogP contribution in [0.2, 0.25) is 0 Å². The number of rotatable bonds is 5. The summed E-state index contributed by atoms with van der Waals surface area (Å²) in [7, 11) is 0. The van der Waals surface area contributed by atoms with E-state index in [4.69, 9.17) is 4.74 Å². The molecule has 0 saturated carbocycles. The third-order valence-electron chi connectivity index (χ3n) is 2.68. The minimum atomic E-state index is 0.634. The molecule has 0 spiro atoms. The molecule has 1 aliphatic heterocycles. The third kappa shape index (κ3) is 5.27. The zero-order valence-corrected chi connectivity index (χ0v) is 9.01. The summed E-state index contributed by atoms with van der Waals surface area (Å²) in [6, 6.07) is 0.634. The average molecular weight is 185 g/mol. The molecule has 1 N–H and O–H groups in total. The van der Waals surface area contributed by atoms with Crippen LogP contribution in [-0.4, -0.2) is 25.8 Å². The van der Waals surface area contributed by atoms with Gasteiger partial charge in [0.05, 0.1) is 0 Å². The van der Waals surface area contributed by atoms with Crippen LogP contribution < -0.4 is 5.32 Å². The van der Waals surface area contributed by atoms with Crippen molar-refractivity contribution in [2.24, 2.45) is 5.92 Å². The largest absolute Gasteiger partial charge is 0.381 e. The maximum atomic E-state index is 5.33. The van der Waals surface area contributed by atoms with Crippen LogP contribution in [-0.2, 0) is 4.74 Å². The van der Waals surface area contributed by atoms with Crippen molar-refractivity contribution in [3.8, 4) is 0 Å². The van der Waals surface area contributed by atoms with Crippen LogP contribution in [0.1, 0.15) is 39.5 Å². The second-order valence-corrected chi connectivity index (χ2v) is 4.31. The molecule has 1 aliphatic rings. The number of nitrogens with one attached hydrogen (secondary N) is 1. The van der Waals surface area contributed by atoms with Gasteiger partial charge in [-0.1, -0.05) is 13.8 Å². The van der Waals surface area contributed by atoms with Crippen LogP contribution in [0.25, 0.3) is 0 Å². The summed E-state index contributed by atoms with van der Waals surface area (Å²) in [6.07, 6.45) is 5.26. The van der Waals surface area contributed by atoms with Crippen molar-refractivity contribution in [3.63, 3.8) is 0 Å². The van der Waals surface area contributed by atoms with Crippen LogP contribution >= 0.6 is 0 Å². The average Bonchev–Trinajstić information content (AvgIpc) is 2.14. The molecule has 0 aliphatic carbocycles. The van der Waals surface area contributed by atoms with Crippen molar-refractivity contribution in [1.29, 1.82) is 0 Å². The van der Waals surface area contributed by atoms with Crippen molar-refractivity contribution < 1.29 is 4.74 Å². The van der Waals surface area contributed by atoms with E-state index in [-0.39, 0.29) is 0 Å². The predicted octanol–water partition coefficient (Wildman–Crippen LogP) is 2.19. The quantitative estimate of drug-likeness (QED) is 0.663. The molecule has 0 atom stereocenters. The molecule has 1 rings (SSSR count). The van der Waals surface area contributed by atoms with E-state index in [0.717, 1.165) is 19.1 Å². The van der Waals surface area contributed by atoms with Crippen LogP contribution in [0, 0.1) is 5.92 Å². The van der Waals surface area contributed by atoms with Crippen LogP contribution in [0.5, 0.6) is 0 Å². The molecule has 0 bridgehead atoms. The second kappa shape index (κ2) is 6.39. The normalized spacial score (nSPS) is 19.6. The zero-order valence-electron chi connectivity index (χ0n) is 9.01. The van der Waals surface area contributed by atoms with Gasteiger partial charge in [-0.2, -0.15) is 0 Å². The number of ether oxygens (including phenoxy) is 1. The first-order valence-corrected chi connectivity index (χ1v) is 5.60. The lowest BCUT2D eigenvalue weighted by atomic mass is 9.95. The van der Waals surface area contributed by atoms with E-state index in [0.29, 0.717) is 6.04 Å². The Kier molecular flexibility index (Phi) is 5.40. The molecule has 0 aromatic heterocycles. The van der Waals surface area contributed by atoms with E-state index in [1.54, 1.807) is 0 Å². The zero-order chi connectivity index (χ0) is 9.52. The third-order valence-corrected chi connectivity index (χ3v) is 2.68. The molecule has 1 fully saturated rings. The highest BCUT2D eigenvalue weighted by molar-refractivity contribution is 4.64. The lowest BCUT2D eigenvalue weighted by molar-refractivity contribution is 0.0633. The van der Waals surface area contributed by atoms with Crippen molar-refractivity contribution >= 4 is 0 Å². The number of hydrogen-bond donors (Lipinski definition) is 1. The van der Waals surface area contributed by atoms with Gasteiger partial charge in [0.15, 0.2) is 0 Å². The highest BCUT2D eigenvalue weighted by Gasteiger charge is 2.12. The lowest BCUT2D eigenvalue weighted by Gasteiger charge is -2.22. The minimum absolute atomic E-state index is 0.634. The van der Waals surface area contributed by atoms with Crippen LogP contribution in [0.3, 0.4) is 0 Å². The molecule has 78 valence electrons. The first-order valence-electron chi connectivity index (χ1n) is 5.60. The molecule has 1 saturated heterocycles. The fourth-order valence-electron chi connectivity index (χ4n) is 1.82. The Morgan fingerprint density at radius 1 is 1.31 bits per heavy atom. The number of hydrogen-bond acceptors (Lipinski definition) is 2. The summed E-state index contributed by atoms with van der Waals surface area (Å²) in [5.41, 5.74) is 0. The Bertz CT molecular complexity index is 119. The van der Waals surface area contributed by atoms with Crippen LogP contribution in [0.4, 0.5) is 0 Å². The smallest absolute Gasteiger partial charge is 0.0468 e. The predicted molar refractivity (Wildman–Crippen MR) is 55.9 cm³/mol. The fourth-order valence-corrected chi connectivity index (χ4v) is 1.82. The van der Waals surface area contributed by atoms with Gasteiger partial charge in [-0.25, -0.2) is 0 Å². The molecule has 2 heteroatoms. The summed E-state index contributed by atoms with van der Waals surface area (Å²) in [4.78, 5) is 0. The highest BCUT2D eigenvalue weighted by Crippen LogP contribution is 2.19.